The van der Waals surface area contributed by atoms with Crippen LogP contribution in [-0.4, -0.2) is 30.6 Å². The molecule has 0 amide bonds. The molecule has 5 heteroatoms. The predicted octanol–water partition coefficient (Wildman–Crippen LogP) is 1.36. The Morgan fingerprint density at radius 2 is 1.94 bits per heavy atom. The van der Waals surface area contributed by atoms with Gasteiger partial charge in [-0.3, -0.25) is 4.79 Å². The van der Waals surface area contributed by atoms with E-state index in [9.17, 15) is 9.59 Å². The Hall–Kier alpha value is -2.04. The van der Waals surface area contributed by atoms with Crippen LogP contribution >= 0.6 is 0 Å². The second-order valence-electron chi connectivity index (χ2n) is 3.33. The number of rotatable bonds is 2. The molecule has 0 bridgehead atoms. The lowest BCUT2D eigenvalue weighted by molar-refractivity contribution is 0.0691. The minimum atomic E-state index is -1.10. The van der Waals surface area contributed by atoms with Gasteiger partial charge in [0, 0.05) is 6.42 Å². The lowest BCUT2D eigenvalue weighted by atomic mass is 10.1. The molecule has 16 heavy (non-hydrogen) atoms. The number of aldehydes is 1. The van der Waals surface area contributed by atoms with Crippen LogP contribution in [0.2, 0.25) is 0 Å². The molecule has 0 saturated carbocycles. The van der Waals surface area contributed by atoms with Crippen molar-refractivity contribution in [2.45, 2.75) is 6.42 Å². The van der Waals surface area contributed by atoms with Gasteiger partial charge in [-0.25, -0.2) is 4.79 Å². The van der Waals surface area contributed by atoms with Gasteiger partial charge in [-0.1, -0.05) is 0 Å². The van der Waals surface area contributed by atoms with Crippen LogP contribution in [0.15, 0.2) is 12.1 Å². The molecule has 0 radical (unpaired) electrons. The minimum absolute atomic E-state index is 0.0162. The van der Waals surface area contributed by atoms with Crippen LogP contribution in [0.3, 0.4) is 0 Å². The first-order chi connectivity index (χ1) is 7.74. The number of hydrogen-bond acceptors (Lipinski definition) is 4. The molecule has 0 atom stereocenters. The van der Waals surface area contributed by atoms with Gasteiger partial charge >= 0.3 is 5.97 Å². The first-order valence-corrected chi connectivity index (χ1v) is 4.85. The maximum absolute atomic E-state index is 11.0. The molecule has 84 valence electrons. The van der Waals surface area contributed by atoms with Gasteiger partial charge in [0.05, 0.1) is 18.8 Å². The highest BCUT2D eigenvalue weighted by molar-refractivity contribution is 5.94. The molecule has 0 aromatic heterocycles. The molecule has 1 aromatic rings. The van der Waals surface area contributed by atoms with Gasteiger partial charge in [-0.2, -0.15) is 0 Å². The maximum Gasteiger partial charge on any atom is 0.339 e. The van der Waals surface area contributed by atoms with Crippen LogP contribution in [0.25, 0.3) is 0 Å². The Morgan fingerprint density at radius 3 is 2.56 bits per heavy atom. The molecule has 0 aliphatic carbocycles. The van der Waals surface area contributed by atoms with Crippen LogP contribution in [0, 0.1) is 0 Å². The standard InChI is InChI=1S/C11H10O5/c12-6-7-2-3-8(11(13)14)10-9(7)15-4-1-5-16-10/h2-3,6H,1,4-5H2,(H,13,14). The zero-order chi connectivity index (χ0) is 11.5. The normalized spacial score (nSPS) is 14.0. The van der Waals surface area contributed by atoms with Crippen molar-refractivity contribution in [2.24, 2.45) is 0 Å². The van der Waals surface area contributed by atoms with Gasteiger partial charge in [0.25, 0.3) is 0 Å². The Morgan fingerprint density at radius 1 is 1.25 bits per heavy atom. The number of carbonyl (C=O) groups excluding carboxylic acids is 1. The number of benzene rings is 1. The monoisotopic (exact) mass is 222 g/mol. The van der Waals surface area contributed by atoms with E-state index in [1.54, 1.807) is 0 Å². The molecular weight excluding hydrogens is 212 g/mol. The van der Waals surface area contributed by atoms with Crippen LogP contribution in [0.1, 0.15) is 27.1 Å². The van der Waals surface area contributed by atoms with Crippen molar-refractivity contribution in [3.63, 3.8) is 0 Å². The summed E-state index contributed by atoms with van der Waals surface area (Å²) in [6.07, 6.45) is 1.28. The van der Waals surface area contributed by atoms with E-state index in [4.69, 9.17) is 14.6 Å². The quantitative estimate of drug-likeness (QED) is 0.765. The van der Waals surface area contributed by atoms with Crippen molar-refractivity contribution in [3.8, 4) is 11.5 Å². The van der Waals surface area contributed by atoms with E-state index in [1.807, 2.05) is 0 Å². The van der Waals surface area contributed by atoms with E-state index >= 15 is 0 Å². The molecule has 0 saturated heterocycles. The Kier molecular flexibility index (Phi) is 2.76. The van der Waals surface area contributed by atoms with Crippen molar-refractivity contribution in [3.05, 3.63) is 23.3 Å². The van der Waals surface area contributed by atoms with Gasteiger partial charge in [0.15, 0.2) is 17.8 Å². The van der Waals surface area contributed by atoms with Gasteiger partial charge in [0.1, 0.15) is 5.56 Å². The summed E-state index contributed by atoms with van der Waals surface area (Å²) in [6.45, 7) is 0.798. The highest BCUT2D eigenvalue weighted by Crippen LogP contribution is 2.36. The van der Waals surface area contributed by atoms with Crippen LogP contribution in [-0.2, 0) is 0 Å². The lowest BCUT2D eigenvalue weighted by Crippen LogP contribution is -2.04. The van der Waals surface area contributed by atoms with Crippen molar-refractivity contribution in [2.75, 3.05) is 13.2 Å². The number of carboxylic acids is 1. The fourth-order valence-corrected chi connectivity index (χ4v) is 1.54. The summed E-state index contributed by atoms with van der Waals surface area (Å²) in [6, 6.07) is 2.77. The topological polar surface area (TPSA) is 72.8 Å². The predicted molar refractivity (Wildman–Crippen MR) is 54.4 cm³/mol. The van der Waals surface area contributed by atoms with Gasteiger partial charge in [0.2, 0.25) is 0 Å². The summed E-state index contributed by atoms with van der Waals surface area (Å²) in [4.78, 5) is 21.7. The SMILES string of the molecule is O=Cc1ccc(C(=O)O)c2c1OCCCO2. The van der Waals surface area contributed by atoms with Gasteiger partial charge in [-0.05, 0) is 12.1 Å². The summed E-state index contributed by atoms with van der Waals surface area (Å²) in [5.74, 6) is -0.721. The fraction of sp³-hybridized carbons (Fsp3) is 0.273. The molecule has 0 unspecified atom stereocenters. The van der Waals surface area contributed by atoms with Gasteiger partial charge in [-0.15, -0.1) is 0 Å². The first-order valence-electron chi connectivity index (χ1n) is 4.85. The zero-order valence-electron chi connectivity index (χ0n) is 8.43. The van der Waals surface area contributed by atoms with Gasteiger partial charge < -0.3 is 14.6 Å². The number of aromatic carboxylic acids is 1. The third-order valence-corrected chi connectivity index (χ3v) is 2.28. The van der Waals surface area contributed by atoms with Crippen molar-refractivity contribution >= 4 is 12.3 Å². The third kappa shape index (κ3) is 1.71. The molecule has 2 rings (SSSR count). The lowest BCUT2D eigenvalue weighted by Gasteiger charge is -2.11. The fourth-order valence-electron chi connectivity index (χ4n) is 1.54. The number of hydrogen-bond donors (Lipinski definition) is 1. The maximum atomic E-state index is 11.0. The molecule has 1 aromatic carbocycles. The average Bonchev–Trinajstić information content (AvgIpc) is 2.52. The minimum Gasteiger partial charge on any atom is -0.489 e. The highest BCUT2D eigenvalue weighted by Gasteiger charge is 2.22. The van der Waals surface area contributed by atoms with E-state index in [-0.39, 0.29) is 17.1 Å². The van der Waals surface area contributed by atoms with E-state index in [1.165, 1.54) is 12.1 Å². The first kappa shape index (κ1) is 10.5. The summed E-state index contributed by atoms with van der Waals surface area (Å²) in [5.41, 5.74) is 0.324. The number of carbonyl (C=O) groups is 2. The molecule has 1 aliphatic heterocycles. The van der Waals surface area contributed by atoms with E-state index in [2.05, 4.69) is 0 Å². The summed E-state index contributed by atoms with van der Waals surface area (Å²) >= 11 is 0. The van der Waals surface area contributed by atoms with Crippen molar-refractivity contribution in [1.29, 1.82) is 0 Å². The zero-order valence-corrected chi connectivity index (χ0v) is 8.43. The molecule has 1 N–H and O–H groups in total. The summed E-state index contributed by atoms with van der Waals surface area (Å²) in [7, 11) is 0. The second-order valence-corrected chi connectivity index (χ2v) is 3.33. The average molecular weight is 222 g/mol. The number of carboxylic acid groups (broad SMARTS) is 1. The largest absolute Gasteiger partial charge is 0.489 e. The Balaban J connectivity index is 2.60. The molecule has 1 heterocycles. The second kappa shape index (κ2) is 4.22. The molecule has 0 fully saturated rings. The van der Waals surface area contributed by atoms with E-state index in [0.717, 1.165) is 0 Å². The van der Waals surface area contributed by atoms with Crippen LogP contribution in [0.5, 0.6) is 11.5 Å². The van der Waals surface area contributed by atoms with Crippen molar-refractivity contribution < 1.29 is 24.2 Å². The van der Waals surface area contributed by atoms with Crippen LogP contribution in [0.4, 0.5) is 0 Å². The molecule has 1 aliphatic rings. The van der Waals surface area contributed by atoms with E-state index in [0.29, 0.717) is 31.5 Å². The molecular formula is C11H10O5. The van der Waals surface area contributed by atoms with Crippen molar-refractivity contribution in [1.82, 2.24) is 0 Å². The Bertz CT molecular complexity index is 438. The Labute approximate surface area is 91.6 Å². The van der Waals surface area contributed by atoms with Crippen LogP contribution < -0.4 is 9.47 Å². The molecule has 0 spiro atoms. The van der Waals surface area contributed by atoms with E-state index < -0.39 is 5.97 Å². The smallest absolute Gasteiger partial charge is 0.339 e. The highest BCUT2D eigenvalue weighted by atomic mass is 16.5. The number of fused-ring (bicyclic) bond motifs is 1. The third-order valence-electron chi connectivity index (χ3n) is 2.28. The number of ether oxygens (including phenoxy) is 2. The summed E-state index contributed by atoms with van der Waals surface area (Å²) < 4.78 is 10.7. The summed E-state index contributed by atoms with van der Waals surface area (Å²) in [5, 5.41) is 8.97. The molecule has 5 nitrogen and oxygen atoms in total.